The van der Waals surface area contributed by atoms with Gasteiger partial charge in [0.25, 0.3) is 0 Å². The summed E-state index contributed by atoms with van der Waals surface area (Å²) in [4.78, 5) is 3.26. The van der Waals surface area contributed by atoms with Gasteiger partial charge in [-0.2, -0.15) is 0 Å². The van der Waals surface area contributed by atoms with E-state index >= 15 is 0 Å². The van der Waals surface area contributed by atoms with Gasteiger partial charge in [-0.05, 0) is 11.6 Å². The maximum atomic E-state index is 9.77. The van der Waals surface area contributed by atoms with E-state index in [1.165, 1.54) is 11.3 Å². The molecule has 0 radical (unpaired) electrons. The van der Waals surface area contributed by atoms with Crippen LogP contribution in [0.15, 0.2) is 12.1 Å². The van der Waals surface area contributed by atoms with Crippen LogP contribution < -0.4 is 5.32 Å². The van der Waals surface area contributed by atoms with Gasteiger partial charge < -0.3 is 15.4 Å². The fourth-order valence-electron chi connectivity index (χ4n) is 2.19. The standard InChI is InChI=1S/C11H11ClN2O/c12-6-3-7-8-5-13-2-1-9(8)14-11(7)10(15)4-6/h3-4,13-15H,1-2,5H2. The molecule has 15 heavy (non-hydrogen) atoms. The Labute approximate surface area is 92.1 Å². The van der Waals surface area contributed by atoms with Gasteiger partial charge in [-0.1, -0.05) is 11.6 Å². The van der Waals surface area contributed by atoms with E-state index in [2.05, 4.69) is 10.3 Å². The zero-order chi connectivity index (χ0) is 10.4. The lowest BCUT2D eigenvalue weighted by molar-refractivity contribution is 0.480. The number of aromatic hydroxyl groups is 1. The van der Waals surface area contributed by atoms with Crippen LogP contribution in [0.1, 0.15) is 11.3 Å². The second-order valence-electron chi connectivity index (χ2n) is 3.86. The first-order chi connectivity index (χ1) is 7.25. The summed E-state index contributed by atoms with van der Waals surface area (Å²) in [5.41, 5.74) is 3.24. The van der Waals surface area contributed by atoms with Gasteiger partial charge in [-0.15, -0.1) is 0 Å². The first kappa shape index (κ1) is 9.07. The molecule has 0 aliphatic carbocycles. The molecule has 1 aliphatic heterocycles. The van der Waals surface area contributed by atoms with Gasteiger partial charge in [-0.3, -0.25) is 0 Å². The van der Waals surface area contributed by atoms with Gasteiger partial charge in [0.15, 0.2) is 0 Å². The topological polar surface area (TPSA) is 48.0 Å². The van der Waals surface area contributed by atoms with Crippen LogP contribution >= 0.6 is 11.6 Å². The Balaban J connectivity index is 2.37. The third-order valence-electron chi connectivity index (χ3n) is 2.90. The quantitative estimate of drug-likeness (QED) is 0.640. The lowest BCUT2D eigenvalue weighted by Crippen LogP contribution is -2.22. The Kier molecular flexibility index (Phi) is 1.90. The molecule has 3 nitrogen and oxygen atoms in total. The molecule has 0 fully saturated rings. The van der Waals surface area contributed by atoms with E-state index in [4.69, 9.17) is 11.6 Å². The van der Waals surface area contributed by atoms with E-state index in [1.54, 1.807) is 6.07 Å². The molecule has 1 aromatic carbocycles. The minimum atomic E-state index is 0.229. The van der Waals surface area contributed by atoms with Crippen molar-refractivity contribution in [3.63, 3.8) is 0 Å². The second kappa shape index (κ2) is 3.15. The Morgan fingerprint density at radius 1 is 1.33 bits per heavy atom. The molecule has 2 heterocycles. The highest BCUT2D eigenvalue weighted by Crippen LogP contribution is 2.33. The number of rotatable bonds is 0. The Morgan fingerprint density at radius 3 is 3.07 bits per heavy atom. The van der Waals surface area contributed by atoms with Crippen molar-refractivity contribution in [2.24, 2.45) is 0 Å². The highest BCUT2D eigenvalue weighted by Gasteiger charge is 2.17. The van der Waals surface area contributed by atoms with Crippen LogP contribution in [0, 0.1) is 0 Å². The lowest BCUT2D eigenvalue weighted by atomic mass is 10.1. The number of phenolic OH excluding ortho intramolecular Hbond substituents is 1. The molecule has 0 unspecified atom stereocenters. The maximum absolute atomic E-state index is 9.77. The number of H-pyrrole nitrogens is 1. The minimum absolute atomic E-state index is 0.229. The number of phenols is 1. The Bertz CT molecular complexity index is 533. The number of aromatic nitrogens is 1. The normalized spacial score (nSPS) is 15.5. The summed E-state index contributed by atoms with van der Waals surface area (Å²) in [7, 11) is 0. The van der Waals surface area contributed by atoms with Crippen LogP contribution in [0.4, 0.5) is 0 Å². The van der Waals surface area contributed by atoms with Crippen LogP contribution in [-0.4, -0.2) is 16.6 Å². The molecular formula is C11H11ClN2O. The number of hydrogen-bond donors (Lipinski definition) is 3. The van der Waals surface area contributed by atoms with Gasteiger partial charge >= 0.3 is 0 Å². The Morgan fingerprint density at radius 2 is 2.20 bits per heavy atom. The van der Waals surface area contributed by atoms with Crippen LogP contribution in [-0.2, 0) is 13.0 Å². The number of benzene rings is 1. The molecule has 3 rings (SSSR count). The van der Waals surface area contributed by atoms with E-state index in [9.17, 15) is 5.11 Å². The highest BCUT2D eigenvalue weighted by atomic mass is 35.5. The monoisotopic (exact) mass is 222 g/mol. The molecule has 0 saturated carbocycles. The van der Waals surface area contributed by atoms with Crippen molar-refractivity contribution in [3.05, 3.63) is 28.4 Å². The summed E-state index contributed by atoms with van der Waals surface area (Å²) in [5.74, 6) is 0.229. The lowest BCUT2D eigenvalue weighted by Gasteiger charge is -2.12. The maximum Gasteiger partial charge on any atom is 0.141 e. The summed E-state index contributed by atoms with van der Waals surface area (Å²) < 4.78 is 0. The predicted octanol–water partition coefficient (Wildman–Crippen LogP) is 2.17. The van der Waals surface area contributed by atoms with E-state index in [0.717, 1.165) is 30.4 Å². The SMILES string of the molecule is Oc1cc(Cl)cc2c3c([nH]c12)CCNC3. The minimum Gasteiger partial charge on any atom is -0.506 e. The molecule has 1 aromatic heterocycles. The smallest absolute Gasteiger partial charge is 0.141 e. The van der Waals surface area contributed by atoms with Crippen molar-refractivity contribution < 1.29 is 5.11 Å². The third-order valence-corrected chi connectivity index (χ3v) is 3.12. The molecule has 0 spiro atoms. The van der Waals surface area contributed by atoms with E-state index < -0.39 is 0 Å². The molecule has 3 N–H and O–H groups in total. The summed E-state index contributed by atoms with van der Waals surface area (Å²) in [6, 6.07) is 3.47. The first-order valence-corrected chi connectivity index (χ1v) is 5.36. The number of aromatic amines is 1. The zero-order valence-corrected chi connectivity index (χ0v) is 8.86. The van der Waals surface area contributed by atoms with Crippen LogP contribution in [0.5, 0.6) is 5.75 Å². The fourth-order valence-corrected chi connectivity index (χ4v) is 2.41. The Hall–Kier alpha value is -1.19. The molecule has 0 bridgehead atoms. The molecule has 0 saturated heterocycles. The van der Waals surface area contributed by atoms with Crippen LogP contribution in [0.3, 0.4) is 0 Å². The van der Waals surface area contributed by atoms with E-state index in [0.29, 0.717) is 5.02 Å². The average molecular weight is 223 g/mol. The molecular weight excluding hydrogens is 212 g/mol. The second-order valence-corrected chi connectivity index (χ2v) is 4.29. The first-order valence-electron chi connectivity index (χ1n) is 4.98. The van der Waals surface area contributed by atoms with E-state index in [1.807, 2.05) is 6.07 Å². The average Bonchev–Trinajstić information content (AvgIpc) is 2.57. The summed E-state index contributed by atoms with van der Waals surface area (Å²) in [6.45, 7) is 1.82. The zero-order valence-electron chi connectivity index (χ0n) is 8.10. The highest BCUT2D eigenvalue weighted by molar-refractivity contribution is 6.31. The third kappa shape index (κ3) is 1.31. The van der Waals surface area contributed by atoms with E-state index in [-0.39, 0.29) is 5.75 Å². The van der Waals surface area contributed by atoms with Crippen molar-refractivity contribution >= 4 is 22.5 Å². The van der Waals surface area contributed by atoms with Crippen molar-refractivity contribution in [2.45, 2.75) is 13.0 Å². The fraction of sp³-hybridized carbons (Fsp3) is 0.273. The summed E-state index contributed by atoms with van der Waals surface area (Å²) in [6.07, 6.45) is 0.973. The van der Waals surface area contributed by atoms with Gasteiger partial charge in [0.05, 0.1) is 5.52 Å². The van der Waals surface area contributed by atoms with Crippen LogP contribution in [0.2, 0.25) is 5.02 Å². The molecule has 4 heteroatoms. The molecule has 0 atom stereocenters. The number of halogens is 1. The van der Waals surface area contributed by atoms with Gasteiger partial charge in [0.1, 0.15) is 5.75 Å². The largest absolute Gasteiger partial charge is 0.506 e. The molecule has 78 valence electrons. The molecule has 2 aromatic rings. The predicted molar refractivity (Wildman–Crippen MR) is 60.4 cm³/mol. The molecule has 0 amide bonds. The summed E-state index contributed by atoms with van der Waals surface area (Å²) in [5, 5.41) is 14.7. The van der Waals surface area contributed by atoms with Crippen molar-refractivity contribution in [1.29, 1.82) is 0 Å². The number of hydrogen-bond acceptors (Lipinski definition) is 2. The number of fused-ring (bicyclic) bond motifs is 3. The van der Waals surface area contributed by atoms with Crippen molar-refractivity contribution in [3.8, 4) is 5.75 Å². The van der Waals surface area contributed by atoms with Crippen molar-refractivity contribution in [1.82, 2.24) is 10.3 Å². The number of nitrogens with one attached hydrogen (secondary N) is 2. The van der Waals surface area contributed by atoms with Gasteiger partial charge in [-0.25, -0.2) is 0 Å². The van der Waals surface area contributed by atoms with Gasteiger partial charge in [0.2, 0.25) is 0 Å². The summed E-state index contributed by atoms with van der Waals surface area (Å²) >= 11 is 5.93. The van der Waals surface area contributed by atoms with Crippen LogP contribution in [0.25, 0.3) is 10.9 Å². The van der Waals surface area contributed by atoms with Gasteiger partial charge in [0, 0.05) is 41.7 Å². The molecule has 1 aliphatic rings. The van der Waals surface area contributed by atoms with Crippen molar-refractivity contribution in [2.75, 3.05) is 6.54 Å².